The summed E-state index contributed by atoms with van der Waals surface area (Å²) in [6, 6.07) is 9.30. The zero-order valence-electron chi connectivity index (χ0n) is 12.5. The summed E-state index contributed by atoms with van der Waals surface area (Å²) in [6.45, 7) is 8.66. The topological polar surface area (TPSA) is 21.3 Å². The Bertz CT molecular complexity index is 389. The highest BCUT2D eigenvalue weighted by Gasteiger charge is 2.24. The highest BCUT2D eigenvalue weighted by atomic mass is 16.5. The lowest BCUT2D eigenvalue weighted by molar-refractivity contribution is 0.0280. The average molecular weight is 261 g/mol. The Balaban J connectivity index is 2.05. The number of hydrogen-bond acceptors (Lipinski definition) is 2. The van der Waals surface area contributed by atoms with E-state index in [1.54, 1.807) is 0 Å². The molecule has 2 heteroatoms. The Morgan fingerprint density at radius 1 is 1.32 bits per heavy atom. The van der Waals surface area contributed by atoms with Crippen molar-refractivity contribution in [1.29, 1.82) is 0 Å². The molecule has 19 heavy (non-hydrogen) atoms. The van der Waals surface area contributed by atoms with Gasteiger partial charge in [-0.15, -0.1) is 0 Å². The minimum absolute atomic E-state index is 0.271. The number of ether oxygens (including phenoxy) is 1. The van der Waals surface area contributed by atoms with E-state index in [1.165, 1.54) is 17.5 Å². The molecule has 0 aliphatic carbocycles. The van der Waals surface area contributed by atoms with Crippen LogP contribution in [0.1, 0.15) is 50.8 Å². The van der Waals surface area contributed by atoms with Gasteiger partial charge < -0.3 is 10.1 Å². The largest absolute Gasteiger partial charge is 0.373 e. The standard InChI is InChI=1S/C17H27NO/c1-4-18-15(11-13(2)3)12-17-16-8-6-5-7-14(16)9-10-19-17/h5-8,13,15,17-18H,4,9-12H2,1-3H3. The van der Waals surface area contributed by atoms with Crippen molar-refractivity contribution in [3.8, 4) is 0 Å². The van der Waals surface area contributed by atoms with Crippen LogP contribution in [0.2, 0.25) is 0 Å². The molecular weight excluding hydrogens is 234 g/mol. The first-order chi connectivity index (χ1) is 9.20. The van der Waals surface area contributed by atoms with Gasteiger partial charge in [0.1, 0.15) is 0 Å². The van der Waals surface area contributed by atoms with Gasteiger partial charge in [-0.05, 0) is 42.9 Å². The molecule has 1 aliphatic rings. The highest BCUT2D eigenvalue weighted by molar-refractivity contribution is 5.31. The van der Waals surface area contributed by atoms with Gasteiger partial charge in [-0.3, -0.25) is 0 Å². The van der Waals surface area contributed by atoms with E-state index in [1.807, 2.05) is 0 Å². The lowest BCUT2D eigenvalue weighted by atomic mass is 9.91. The summed E-state index contributed by atoms with van der Waals surface area (Å²) in [4.78, 5) is 0. The Hall–Kier alpha value is -0.860. The van der Waals surface area contributed by atoms with Crippen molar-refractivity contribution < 1.29 is 4.74 Å². The van der Waals surface area contributed by atoms with Crippen LogP contribution in [-0.4, -0.2) is 19.2 Å². The molecule has 2 atom stereocenters. The third-order valence-electron chi connectivity index (χ3n) is 3.84. The SMILES string of the molecule is CCNC(CC(C)C)CC1OCCc2ccccc21. The molecule has 0 amide bonds. The Morgan fingerprint density at radius 2 is 2.11 bits per heavy atom. The fraction of sp³-hybridized carbons (Fsp3) is 0.647. The molecule has 0 radical (unpaired) electrons. The van der Waals surface area contributed by atoms with Gasteiger partial charge in [0.05, 0.1) is 12.7 Å². The zero-order chi connectivity index (χ0) is 13.7. The summed E-state index contributed by atoms with van der Waals surface area (Å²) in [6.07, 6.45) is 3.63. The summed E-state index contributed by atoms with van der Waals surface area (Å²) in [5.41, 5.74) is 2.87. The number of benzene rings is 1. The molecule has 0 spiro atoms. The molecule has 106 valence electrons. The number of nitrogens with one attached hydrogen (secondary N) is 1. The maximum atomic E-state index is 6.02. The Kier molecular flexibility index (Phi) is 5.41. The Morgan fingerprint density at radius 3 is 2.84 bits per heavy atom. The van der Waals surface area contributed by atoms with Crippen LogP contribution in [0.25, 0.3) is 0 Å². The Labute approximate surface area is 117 Å². The predicted molar refractivity (Wildman–Crippen MR) is 80.4 cm³/mol. The molecule has 0 aromatic heterocycles. The molecule has 1 aliphatic heterocycles. The van der Waals surface area contributed by atoms with Crippen LogP contribution in [0.4, 0.5) is 0 Å². The average Bonchev–Trinajstić information content (AvgIpc) is 2.39. The van der Waals surface area contributed by atoms with Crippen LogP contribution >= 0.6 is 0 Å². The summed E-state index contributed by atoms with van der Waals surface area (Å²) in [7, 11) is 0. The monoisotopic (exact) mass is 261 g/mol. The summed E-state index contributed by atoms with van der Waals surface area (Å²) >= 11 is 0. The van der Waals surface area contributed by atoms with Crippen molar-refractivity contribution in [3.05, 3.63) is 35.4 Å². The van der Waals surface area contributed by atoms with E-state index in [4.69, 9.17) is 4.74 Å². The fourth-order valence-electron chi connectivity index (χ4n) is 3.05. The summed E-state index contributed by atoms with van der Waals surface area (Å²) < 4.78 is 6.02. The molecule has 2 unspecified atom stereocenters. The van der Waals surface area contributed by atoms with Crippen LogP contribution in [0.15, 0.2) is 24.3 Å². The van der Waals surface area contributed by atoms with Gasteiger partial charge in [-0.1, -0.05) is 45.0 Å². The van der Waals surface area contributed by atoms with Gasteiger partial charge in [-0.25, -0.2) is 0 Å². The lowest BCUT2D eigenvalue weighted by Crippen LogP contribution is -2.33. The van der Waals surface area contributed by atoms with Crippen molar-refractivity contribution in [1.82, 2.24) is 5.32 Å². The molecule has 1 N–H and O–H groups in total. The lowest BCUT2D eigenvalue weighted by Gasteiger charge is -2.30. The van der Waals surface area contributed by atoms with E-state index < -0.39 is 0 Å². The van der Waals surface area contributed by atoms with Gasteiger partial charge >= 0.3 is 0 Å². The first kappa shape index (κ1) is 14.5. The molecule has 0 saturated heterocycles. The molecule has 0 fully saturated rings. The van der Waals surface area contributed by atoms with E-state index in [0.29, 0.717) is 6.04 Å². The van der Waals surface area contributed by atoms with Crippen LogP contribution in [0.3, 0.4) is 0 Å². The van der Waals surface area contributed by atoms with Gasteiger partial charge in [0.25, 0.3) is 0 Å². The third-order valence-corrected chi connectivity index (χ3v) is 3.84. The zero-order valence-corrected chi connectivity index (χ0v) is 12.5. The maximum Gasteiger partial charge on any atom is 0.0842 e. The van der Waals surface area contributed by atoms with Crippen molar-refractivity contribution in [2.45, 2.75) is 52.2 Å². The van der Waals surface area contributed by atoms with Crippen LogP contribution in [-0.2, 0) is 11.2 Å². The highest BCUT2D eigenvalue weighted by Crippen LogP contribution is 2.31. The van der Waals surface area contributed by atoms with Crippen molar-refractivity contribution in [3.63, 3.8) is 0 Å². The maximum absolute atomic E-state index is 6.02. The molecule has 0 saturated carbocycles. The van der Waals surface area contributed by atoms with E-state index in [9.17, 15) is 0 Å². The van der Waals surface area contributed by atoms with E-state index in [-0.39, 0.29) is 6.10 Å². The normalized spacial score (nSPS) is 20.3. The van der Waals surface area contributed by atoms with Crippen LogP contribution in [0, 0.1) is 5.92 Å². The van der Waals surface area contributed by atoms with Crippen molar-refractivity contribution in [2.75, 3.05) is 13.2 Å². The molecular formula is C17H27NO. The fourth-order valence-corrected chi connectivity index (χ4v) is 3.05. The van der Waals surface area contributed by atoms with E-state index in [2.05, 4.69) is 50.4 Å². The summed E-state index contributed by atoms with van der Waals surface area (Å²) in [5, 5.41) is 3.61. The predicted octanol–water partition coefficient (Wildman–Crippen LogP) is 3.71. The second-order valence-electron chi connectivity index (χ2n) is 5.93. The second-order valence-corrected chi connectivity index (χ2v) is 5.93. The van der Waals surface area contributed by atoms with Gasteiger partial charge in [0, 0.05) is 6.04 Å². The van der Waals surface area contributed by atoms with Crippen LogP contribution < -0.4 is 5.32 Å². The minimum Gasteiger partial charge on any atom is -0.373 e. The van der Waals surface area contributed by atoms with Crippen LogP contribution in [0.5, 0.6) is 0 Å². The molecule has 1 heterocycles. The van der Waals surface area contributed by atoms with Gasteiger partial charge in [-0.2, -0.15) is 0 Å². The smallest absolute Gasteiger partial charge is 0.0842 e. The molecule has 0 bridgehead atoms. The number of fused-ring (bicyclic) bond motifs is 1. The minimum atomic E-state index is 0.271. The summed E-state index contributed by atoms with van der Waals surface area (Å²) in [5.74, 6) is 0.725. The molecule has 2 nitrogen and oxygen atoms in total. The van der Waals surface area contributed by atoms with Crippen molar-refractivity contribution >= 4 is 0 Å². The first-order valence-corrected chi connectivity index (χ1v) is 7.63. The number of rotatable bonds is 6. The first-order valence-electron chi connectivity index (χ1n) is 7.63. The molecule has 1 aromatic rings. The molecule has 2 rings (SSSR count). The molecule has 1 aromatic carbocycles. The van der Waals surface area contributed by atoms with E-state index >= 15 is 0 Å². The second kappa shape index (κ2) is 7.06. The van der Waals surface area contributed by atoms with Crippen molar-refractivity contribution in [2.24, 2.45) is 5.92 Å². The third kappa shape index (κ3) is 4.05. The quantitative estimate of drug-likeness (QED) is 0.843. The van der Waals surface area contributed by atoms with E-state index in [0.717, 1.165) is 31.9 Å². The van der Waals surface area contributed by atoms with Gasteiger partial charge in [0.2, 0.25) is 0 Å². The number of hydrogen-bond donors (Lipinski definition) is 1. The van der Waals surface area contributed by atoms with Gasteiger partial charge in [0.15, 0.2) is 0 Å².